The average Bonchev–Trinajstić information content (AvgIpc) is 3.24. The van der Waals surface area contributed by atoms with Crippen LogP contribution in [0.1, 0.15) is 31.2 Å². The number of carbonyl (C=O) groups is 2. The highest BCUT2D eigenvalue weighted by molar-refractivity contribution is 7.10. The van der Waals surface area contributed by atoms with Crippen LogP contribution in [0.5, 0.6) is 11.5 Å². The van der Waals surface area contributed by atoms with E-state index >= 15 is 0 Å². The normalized spacial score (nSPS) is 14.2. The molecule has 0 atom stereocenters. The molecule has 0 amide bonds. The Morgan fingerprint density at radius 2 is 1.92 bits per heavy atom. The quantitative estimate of drug-likeness (QED) is 0.378. The van der Waals surface area contributed by atoms with Gasteiger partial charge in [0.25, 0.3) is 0 Å². The molecule has 0 radical (unpaired) electrons. The van der Waals surface area contributed by atoms with Gasteiger partial charge >= 0.3 is 5.97 Å². The van der Waals surface area contributed by atoms with E-state index in [4.69, 9.17) is 9.47 Å². The van der Waals surface area contributed by atoms with Gasteiger partial charge in [0.15, 0.2) is 5.76 Å². The molecule has 3 aromatic rings. The minimum absolute atomic E-state index is 0.176. The molecule has 26 heavy (non-hydrogen) atoms. The highest BCUT2D eigenvalue weighted by atomic mass is 32.1. The monoisotopic (exact) mass is 362 g/mol. The van der Waals surface area contributed by atoms with Crippen molar-refractivity contribution in [1.29, 1.82) is 0 Å². The van der Waals surface area contributed by atoms with E-state index in [-0.39, 0.29) is 11.5 Å². The fraction of sp³-hybridized carbons (Fsp3) is 0.0476. The van der Waals surface area contributed by atoms with Crippen LogP contribution in [-0.4, -0.2) is 11.8 Å². The van der Waals surface area contributed by atoms with Gasteiger partial charge < -0.3 is 9.47 Å². The minimum Gasteiger partial charge on any atom is -0.452 e. The zero-order valence-corrected chi connectivity index (χ0v) is 14.7. The molecule has 0 fully saturated rings. The molecule has 0 aliphatic carbocycles. The Kier molecular flexibility index (Phi) is 4.14. The zero-order valence-electron chi connectivity index (χ0n) is 13.9. The maximum absolute atomic E-state index is 12.4. The third kappa shape index (κ3) is 3.17. The molecule has 5 heteroatoms. The average molecular weight is 362 g/mol. The second-order valence-electron chi connectivity index (χ2n) is 5.87. The van der Waals surface area contributed by atoms with Crippen LogP contribution in [0.3, 0.4) is 0 Å². The SMILES string of the molecule is Cc1ccc(C(=O)Oc2ccc3c(c2)OC(=Cc2cccs2)C3=O)cc1. The van der Waals surface area contributed by atoms with Crippen LogP contribution < -0.4 is 9.47 Å². The topological polar surface area (TPSA) is 52.6 Å². The summed E-state index contributed by atoms with van der Waals surface area (Å²) in [7, 11) is 0. The van der Waals surface area contributed by atoms with E-state index in [0.717, 1.165) is 10.4 Å². The number of aryl methyl sites for hydroxylation is 1. The summed E-state index contributed by atoms with van der Waals surface area (Å²) >= 11 is 1.52. The fourth-order valence-electron chi connectivity index (χ4n) is 2.59. The van der Waals surface area contributed by atoms with Crippen molar-refractivity contribution in [3.05, 3.63) is 87.3 Å². The van der Waals surface area contributed by atoms with E-state index in [1.54, 1.807) is 36.4 Å². The van der Waals surface area contributed by atoms with Gasteiger partial charge in [0.2, 0.25) is 5.78 Å². The largest absolute Gasteiger partial charge is 0.452 e. The summed E-state index contributed by atoms with van der Waals surface area (Å²) < 4.78 is 11.1. The number of ether oxygens (including phenoxy) is 2. The second kappa shape index (κ2) is 6.61. The first-order valence-corrected chi connectivity index (χ1v) is 8.89. The Morgan fingerprint density at radius 1 is 1.12 bits per heavy atom. The number of benzene rings is 2. The van der Waals surface area contributed by atoms with Crippen molar-refractivity contribution in [2.24, 2.45) is 0 Å². The minimum atomic E-state index is -0.455. The van der Waals surface area contributed by atoms with Crippen LogP contribution in [0, 0.1) is 6.92 Å². The Morgan fingerprint density at radius 3 is 2.65 bits per heavy atom. The van der Waals surface area contributed by atoms with E-state index in [2.05, 4.69) is 0 Å². The number of fused-ring (bicyclic) bond motifs is 1. The van der Waals surface area contributed by atoms with Crippen LogP contribution in [-0.2, 0) is 0 Å². The molecule has 1 aliphatic rings. The third-order valence-electron chi connectivity index (χ3n) is 3.96. The first-order chi connectivity index (χ1) is 12.6. The highest BCUT2D eigenvalue weighted by Gasteiger charge is 2.28. The lowest BCUT2D eigenvalue weighted by atomic mass is 10.1. The summed E-state index contributed by atoms with van der Waals surface area (Å²) in [5, 5.41) is 1.93. The van der Waals surface area contributed by atoms with Gasteiger partial charge in [-0.3, -0.25) is 4.79 Å². The summed E-state index contributed by atoms with van der Waals surface area (Å²) in [5.41, 5.74) is 1.99. The van der Waals surface area contributed by atoms with Crippen molar-refractivity contribution in [2.45, 2.75) is 6.92 Å². The number of carbonyl (C=O) groups excluding carboxylic acids is 2. The van der Waals surface area contributed by atoms with Gasteiger partial charge in [-0.2, -0.15) is 0 Å². The maximum atomic E-state index is 12.4. The lowest BCUT2D eigenvalue weighted by Crippen LogP contribution is -2.08. The summed E-state index contributed by atoms with van der Waals surface area (Å²) in [6, 6.07) is 15.7. The molecule has 0 saturated carbocycles. The summed E-state index contributed by atoms with van der Waals surface area (Å²) in [6.45, 7) is 1.95. The zero-order chi connectivity index (χ0) is 18.1. The molecule has 0 saturated heterocycles. The molecule has 2 aromatic carbocycles. The molecule has 0 spiro atoms. The van der Waals surface area contributed by atoms with Gasteiger partial charge in [0, 0.05) is 17.0 Å². The van der Waals surface area contributed by atoms with Crippen molar-refractivity contribution in [3.63, 3.8) is 0 Å². The first kappa shape index (κ1) is 16.3. The highest BCUT2D eigenvalue weighted by Crippen LogP contribution is 2.35. The van der Waals surface area contributed by atoms with E-state index < -0.39 is 5.97 Å². The fourth-order valence-corrected chi connectivity index (χ4v) is 3.24. The Hall–Kier alpha value is -3.18. The number of thiophene rings is 1. The summed E-state index contributed by atoms with van der Waals surface area (Å²) in [6.07, 6.45) is 1.71. The van der Waals surface area contributed by atoms with Crippen LogP contribution in [0.15, 0.2) is 65.7 Å². The van der Waals surface area contributed by atoms with Gasteiger partial charge in [-0.25, -0.2) is 4.79 Å². The summed E-state index contributed by atoms with van der Waals surface area (Å²) in [5.74, 6) is 0.365. The molecule has 0 unspecified atom stereocenters. The van der Waals surface area contributed by atoms with Gasteiger partial charge in [-0.1, -0.05) is 23.8 Å². The number of ketones is 1. The molecule has 2 heterocycles. The van der Waals surface area contributed by atoms with Gasteiger partial charge in [0.05, 0.1) is 11.1 Å². The van der Waals surface area contributed by atoms with Crippen molar-refractivity contribution >= 4 is 29.2 Å². The van der Waals surface area contributed by atoms with Crippen molar-refractivity contribution in [3.8, 4) is 11.5 Å². The molecule has 0 N–H and O–H groups in total. The standard InChI is InChI=1S/C21H14O4S/c1-13-4-6-14(7-5-13)21(23)24-15-8-9-17-18(11-15)25-19(20(17)22)12-16-3-2-10-26-16/h2-12H,1H3. The number of esters is 1. The number of allylic oxidation sites excluding steroid dienone is 1. The van der Waals surface area contributed by atoms with Crippen molar-refractivity contribution in [2.75, 3.05) is 0 Å². The van der Waals surface area contributed by atoms with E-state index in [9.17, 15) is 9.59 Å². The Labute approximate surface area is 154 Å². The molecular weight excluding hydrogens is 348 g/mol. The second-order valence-corrected chi connectivity index (χ2v) is 6.85. The van der Waals surface area contributed by atoms with Crippen molar-refractivity contribution < 1.29 is 19.1 Å². The smallest absolute Gasteiger partial charge is 0.343 e. The number of hydrogen-bond donors (Lipinski definition) is 0. The molecule has 0 bridgehead atoms. The van der Waals surface area contributed by atoms with Crippen LogP contribution in [0.25, 0.3) is 6.08 Å². The van der Waals surface area contributed by atoms with Gasteiger partial charge in [-0.05, 0) is 42.6 Å². The number of hydrogen-bond acceptors (Lipinski definition) is 5. The Balaban J connectivity index is 1.55. The third-order valence-corrected chi connectivity index (χ3v) is 4.78. The molecular formula is C21H14O4S. The van der Waals surface area contributed by atoms with Gasteiger partial charge in [0.1, 0.15) is 11.5 Å². The molecule has 1 aromatic heterocycles. The van der Waals surface area contributed by atoms with E-state index in [0.29, 0.717) is 22.6 Å². The first-order valence-electron chi connectivity index (χ1n) is 8.01. The van der Waals surface area contributed by atoms with Gasteiger partial charge in [-0.15, -0.1) is 11.3 Å². The Bertz CT molecular complexity index is 1010. The van der Waals surface area contributed by atoms with E-state index in [1.165, 1.54) is 11.3 Å². The lowest BCUT2D eigenvalue weighted by Gasteiger charge is -2.06. The van der Waals surface area contributed by atoms with Crippen molar-refractivity contribution in [1.82, 2.24) is 0 Å². The predicted molar refractivity (Wildman–Crippen MR) is 99.8 cm³/mol. The molecule has 1 aliphatic heterocycles. The molecule has 128 valence electrons. The van der Waals surface area contributed by atoms with Crippen LogP contribution >= 0.6 is 11.3 Å². The molecule has 4 rings (SSSR count). The molecule has 4 nitrogen and oxygen atoms in total. The van der Waals surface area contributed by atoms with Crippen LogP contribution in [0.2, 0.25) is 0 Å². The van der Waals surface area contributed by atoms with E-state index in [1.807, 2.05) is 36.6 Å². The maximum Gasteiger partial charge on any atom is 0.343 e. The predicted octanol–water partition coefficient (Wildman–Crippen LogP) is 4.89. The van der Waals surface area contributed by atoms with Crippen LogP contribution in [0.4, 0.5) is 0 Å². The summed E-state index contributed by atoms with van der Waals surface area (Å²) in [4.78, 5) is 25.6. The lowest BCUT2D eigenvalue weighted by molar-refractivity contribution is 0.0734. The number of rotatable bonds is 3. The number of Topliss-reactive ketones (excluding diaryl/α,β-unsaturated/α-hetero) is 1.